The summed E-state index contributed by atoms with van der Waals surface area (Å²) in [4.78, 5) is 10.1. The van der Waals surface area contributed by atoms with E-state index >= 15 is 0 Å². The van der Waals surface area contributed by atoms with Gasteiger partial charge in [-0.3, -0.25) is 0 Å². The molecule has 0 aliphatic heterocycles. The summed E-state index contributed by atoms with van der Waals surface area (Å²) in [6.07, 6.45) is 0. The van der Waals surface area contributed by atoms with Crippen molar-refractivity contribution >= 4 is 21.9 Å². The van der Waals surface area contributed by atoms with E-state index < -0.39 is 0 Å². The minimum atomic E-state index is 0.662. The van der Waals surface area contributed by atoms with E-state index in [1.54, 1.807) is 0 Å². The first-order valence-corrected chi connectivity index (χ1v) is 16.5. The first-order valence-electron chi connectivity index (χ1n) is 16.5. The maximum absolute atomic E-state index is 6.65. The third-order valence-electron chi connectivity index (χ3n) is 9.12. The number of fused-ring (bicyclic) bond motifs is 3. The number of aromatic nitrogens is 2. The lowest BCUT2D eigenvalue weighted by Crippen LogP contribution is -1.95. The molecule has 3 nitrogen and oxygen atoms in total. The van der Waals surface area contributed by atoms with Crippen molar-refractivity contribution in [1.29, 1.82) is 0 Å². The van der Waals surface area contributed by atoms with Crippen LogP contribution in [0.25, 0.3) is 89.2 Å². The Hall–Kier alpha value is -6.58. The summed E-state index contributed by atoms with van der Waals surface area (Å²) in [6.45, 7) is 0. The lowest BCUT2D eigenvalue weighted by Gasteiger charge is -2.09. The molecule has 0 aliphatic rings. The van der Waals surface area contributed by atoms with Gasteiger partial charge >= 0.3 is 0 Å². The number of benzene rings is 7. The zero-order chi connectivity index (χ0) is 32.6. The molecule has 0 spiro atoms. The van der Waals surface area contributed by atoms with Crippen LogP contribution in [0.1, 0.15) is 0 Å². The van der Waals surface area contributed by atoms with Gasteiger partial charge in [-0.1, -0.05) is 158 Å². The largest absolute Gasteiger partial charge is 0.455 e. The Morgan fingerprint density at radius 3 is 1.47 bits per heavy atom. The van der Waals surface area contributed by atoms with Gasteiger partial charge in [0, 0.05) is 33.0 Å². The summed E-state index contributed by atoms with van der Waals surface area (Å²) in [5.74, 6) is 0.662. The SMILES string of the molecule is c1ccc(-c2cccc(-c3ccc(-c4cccc5c4oc4cc(-c6nc(-c7ccccc7)cc(-c7ccccc7)n6)ccc45)cc3)c2)cc1. The van der Waals surface area contributed by atoms with Gasteiger partial charge in [0.25, 0.3) is 0 Å². The van der Waals surface area contributed by atoms with Gasteiger partial charge in [0.2, 0.25) is 0 Å². The van der Waals surface area contributed by atoms with Gasteiger partial charge in [-0.15, -0.1) is 0 Å². The van der Waals surface area contributed by atoms with Crippen LogP contribution in [0.3, 0.4) is 0 Å². The summed E-state index contributed by atoms with van der Waals surface area (Å²) in [5.41, 5.74) is 13.4. The van der Waals surface area contributed by atoms with Crippen LogP contribution in [0.15, 0.2) is 186 Å². The molecule has 0 radical (unpaired) electrons. The fraction of sp³-hybridized carbons (Fsp3) is 0. The number of para-hydroxylation sites is 1. The average molecular weight is 627 g/mol. The first kappa shape index (κ1) is 28.6. The van der Waals surface area contributed by atoms with E-state index in [0.29, 0.717) is 5.82 Å². The Bertz CT molecular complexity index is 2510. The molecule has 0 atom stereocenters. The lowest BCUT2D eigenvalue weighted by atomic mass is 9.96. The highest BCUT2D eigenvalue weighted by atomic mass is 16.3. The van der Waals surface area contributed by atoms with E-state index in [9.17, 15) is 0 Å². The molecule has 0 bridgehead atoms. The molecule has 49 heavy (non-hydrogen) atoms. The summed E-state index contributed by atoms with van der Waals surface area (Å²) >= 11 is 0. The summed E-state index contributed by atoms with van der Waals surface area (Å²) in [5, 5.41) is 2.15. The van der Waals surface area contributed by atoms with Gasteiger partial charge in [0.05, 0.1) is 11.4 Å². The predicted molar refractivity (Wildman–Crippen MR) is 202 cm³/mol. The molecular weight excluding hydrogens is 597 g/mol. The zero-order valence-electron chi connectivity index (χ0n) is 26.6. The van der Waals surface area contributed by atoms with Crippen molar-refractivity contribution in [2.75, 3.05) is 0 Å². The highest BCUT2D eigenvalue weighted by Crippen LogP contribution is 2.38. The normalized spacial score (nSPS) is 11.3. The van der Waals surface area contributed by atoms with Crippen molar-refractivity contribution < 1.29 is 4.42 Å². The van der Waals surface area contributed by atoms with Crippen LogP contribution in [0.4, 0.5) is 0 Å². The van der Waals surface area contributed by atoms with Gasteiger partial charge in [0.1, 0.15) is 11.2 Å². The second kappa shape index (κ2) is 12.2. The minimum Gasteiger partial charge on any atom is -0.455 e. The molecule has 0 aliphatic carbocycles. The number of furan rings is 1. The molecule has 0 amide bonds. The highest BCUT2D eigenvalue weighted by molar-refractivity contribution is 6.10. The molecule has 3 heteroatoms. The van der Waals surface area contributed by atoms with E-state index in [-0.39, 0.29) is 0 Å². The van der Waals surface area contributed by atoms with Crippen LogP contribution in [-0.2, 0) is 0 Å². The van der Waals surface area contributed by atoms with Crippen molar-refractivity contribution in [2.45, 2.75) is 0 Å². The molecule has 9 rings (SSSR count). The van der Waals surface area contributed by atoms with E-state index in [1.807, 2.05) is 36.4 Å². The van der Waals surface area contributed by atoms with Crippen molar-refractivity contribution in [2.24, 2.45) is 0 Å². The Kier molecular flexibility index (Phi) is 7.14. The van der Waals surface area contributed by atoms with Gasteiger partial charge in [-0.2, -0.15) is 0 Å². The molecule has 0 N–H and O–H groups in total. The molecule has 0 fully saturated rings. The van der Waals surface area contributed by atoms with E-state index in [0.717, 1.165) is 61.1 Å². The fourth-order valence-corrected chi connectivity index (χ4v) is 6.61. The Morgan fingerprint density at radius 1 is 0.327 bits per heavy atom. The van der Waals surface area contributed by atoms with Gasteiger partial charge in [-0.05, 0) is 52.1 Å². The molecule has 0 saturated carbocycles. The first-order chi connectivity index (χ1) is 24.3. The van der Waals surface area contributed by atoms with E-state index in [1.165, 1.54) is 22.3 Å². The van der Waals surface area contributed by atoms with E-state index in [2.05, 4.69) is 146 Å². The molecule has 230 valence electrons. The predicted octanol–water partition coefficient (Wildman–Crippen LogP) is 12.4. The monoisotopic (exact) mass is 626 g/mol. The second-order valence-electron chi connectivity index (χ2n) is 12.2. The standard InChI is InChI=1S/C46H30N2O/c1-4-12-31(13-5-1)36-18-10-19-37(28-36)32-22-24-33(25-23-32)39-20-11-21-41-40-27-26-38(29-44(40)49-45(39)41)46-47-42(34-14-6-2-7-15-34)30-43(48-46)35-16-8-3-9-17-35/h1-30H. The number of nitrogens with zero attached hydrogens (tertiary/aromatic N) is 2. The van der Waals surface area contributed by atoms with Gasteiger partial charge < -0.3 is 4.42 Å². The quantitative estimate of drug-likeness (QED) is 0.184. The van der Waals surface area contributed by atoms with Crippen LogP contribution < -0.4 is 0 Å². The Labute approximate surface area is 284 Å². The molecule has 2 aromatic heterocycles. The number of rotatable bonds is 6. The minimum absolute atomic E-state index is 0.662. The summed E-state index contributed by atoms with van der Waals surface area (Å²) < 4.78 is 6.65. The lowest BCUT2D eigenvalue weighted by molar-refractivity contribution is 0.670. The third kappa shape index (κ3) is 5.48. The second-order valence-corrected chi connectivity index (χ2v) is 12.2. The molecule has 0 unspecified atom stereocenters. The van der Waals surface area contributed by atoms with E-state index in [4.69, 9.17) is 14.4 Å². The Balaban J connectivity index is 1.09. The smallest absolute Gasteiger partial charge is 0.160 e. The van der Waals surface area contributed by atoms with Crippen molar-refractivity contribution in [3.8, 4) is 67.3 Å². The summed E-state index contributed by atoms with van der Waals surface area (Å²) in [6, 6.07) is 63.2. The highest BCUT2D eigenvalue weighted by Gasteiger charge is 2.16. The van der Waals surface area contributed by atoms with Crippen LogP contribution in [0.2, 0.25) is 0 Å². The maximum Gasteiger partial charge on any atom is 0.160 e. The topological polar surface area (TPSA) is 38.9 Å². The van der Waals surface area contributed by atoms with Crippen molar-refractivity contribution in [3.63, 3.8) is 0 Å². The van der Waals surface area contributed by atoms with Crippen LogP contribution in [0.5, 0.6) is 0 Å². The van der Waals surface area contributed by atoms with Crippen LogP contribution in [-0.4, -0.2) is 9.97 Å². The molecule has 9 aromatic rings. The van der Waals surface area contributed by atoms with Crippen LogP contribution >= 0.6 is 0 Å². The number of hydrogen-bond acceptors (Lipinski definition) is 3. The van der Waals surface area contributed by atoms with Crippen molar-refractivity contribution in [1.82, 2.24) is 9.97 Å². The number of hydrogen-bond donors (Lipinski definition) is 0. The fourth-order valence-electron chi connectivity index (χ4n) is 6.61. The maximum atomic E-state index is 6.65. The molecular formula is C46H30N2O. The zero-order valence-corrected chi connectivity index (χ0v) is 26.6. The van der Waals surface area contributed by atoms with Gasteiger partial charge in [-0.25, -0.2) is 9.97 Å². The summed E-state index contributed by atoms with van der Waals surface area (Å²) in [7, 11) is 0. The van der Waals surface area contributed by atoms with Crippen molar-refractivity contribution in [3.05, 3.63) is 182 Å². The average Bonchev–Trinajstić information content (AvgIpc) is 3.57. The molecule has 7 aromatic carbocycles. The van der Waals surface area contributed by atoms with Gasteiger partial charge in [0.15, 0.2) is 5.82 Å². The van der Waals surface area contributed by atoms with Crippen LogP contribution in [0, 0.1) is 0 Å². The molecule has 0 saturated heterocycles. The third-order valence-corrected chi connectivity index (χ3v) is 9.12. The molecule has 2 heterocycles. The Morgan fingerprint density at radius 2 is 0.837 bits per heavy atom.